The van der Waals surface area contributed by atoms with Gasteiger partial charge in [-0.25, -0.2) is 0 Å². The molecule has 0 bridgehead atoms. The molecule has 0 aliphatic carbocycles. The van der Waals surface area contributed by atoms with Crippen LogP contribution in [0.25, 0.3) is 0 Å². The zero-order valence-electron chi connectivity index (χ0n) is 8.35. The third kappa shape index (κ3) is 2.56. The Labute approximate surface area is 119 Å². The third-order valence-electron chi connectivity index (χ3n) is 2.60. The van der Waals surface area contributed by atoms with E-state index >= 15 is 0 Å². The second-order valence-corrected chi connectivity index (χ2v) is 5.35. The summed E-state index contributed by atoms with van der Waals surface area (Å²) >= 11 is 0.787. The zero-order valence-corrected chi connectivity index (χ0v) is 11.5. The van der Waals surface area contributed by atoms with E-state index < -0.39 is 0 Å². The van der Waals surface area contributed by atoms with Crippen LogP contribution in [0.15, 0.2) is 60.7 Å². The average molecular weight is 206 g/mol. The Bertz CT molecular complexity index is 341. The minimum atomic E-state index is 0.671. The SMILES string of the molecule is [K][CH](c1ccccc1)c1ccccc1. The Balaban J connectivity index is 2.30. The van der Waals surface area contributed by atoms with Gasteiger partial charge in [0.15, 0.2) is 0 Å². The molecule has 0 fully saturated rings. The number of rotatable bonds is 2. The Morgan fingerprint density at radius 2 is 1.00 bits per heavy atom. The molecule has 0 aliphatic heterocycles. The van der Waals surface area contributed by atoms with Crippen molar-refractivity contribution in [1.82, 2.24) is 0 Å². The predicted octanol–water partition coefficient (Wildman–Crippen LogP) is 2.94. The van der Waals surface area contributed by atoms with Crippen molar-refractivity contribution >= 4 is 49.0 Å². The molecule has 0 radical (unpaired) electrons. The maximum absolute atomic E-state index is 2.23. The number of hydrogen-bond acceptors (Lipinski definition) is 0. The molecule has 0 saturated carbocycles. The molecular weight excluding hydrogens is 195 g/mol. The summed E-state index contributed by atoms with van der Waals surface area (Å²) in [6.45, 7) is 0. The van der Waals surface area contributed by atoms with Crippen LogP contribution >= 0.6 is 0 Å². The van der Waals surface area contributed by atoms with Crippen LogP contribution in [0.5, 0.6) is 0 Å². The summed E-state index contributed by atoms with van der Waals surface area (Å²) < 4.78 is 0.671. The standard InChI is InChI=1S/C13H11.K/c1-3-7-12(8-4-1)11-13-9-5-2-6-10-13;/h1-11H;. The minimum absolute atomic E-state index is 0.671. The van der Waals surface area contributed by atoms with Crippen LogP contribution in [0.3, 0.4) is 0 Å². The summed E-state index contributed by atoms with van der Waals surface area (Å²) in [5.74, 6) is 0. The molecule has 1 heteroatoms. The fraction of sp³-hybridized carbons (Fsp3) is 0.0769. The molecule has 64 valence electrons. The monoisotopic (exact) mass is 206 g/mol. The molecule has 0 spiro atoms. The van der Waals surface area contributed by atoms with E-state index in [9.17, 15) is 0 Å². The van der Waals surface area contributed by atoms with Crippen molar-refractivity contribution in [3.8, 4) is 0 Å². The van der Waals surface area contributed by atoms with E-state index in [2.05, 4.69) is 60.7 Å². The molecule has 2 aromatic rings. The first-order valence-corrected chi connectivity index (χ1v) is 6.78. The van der Waals surface area contributed by atoms with Crippen LogP contribution < -0.4 is 0 Å². The van der Waals surface area contributed by atoms with Crippen molar-refractivity contribution in [2.24, 2.45) is 0 Å². The van der Waals surface area contributed by atoms with Crippen LogP contribution in [0.4, 0.5) is 0 Å². The molecule has 0 aromatic heterocycles. The van der Waals surface area contributed by atoms with Gasteiger partial charge in [0.25, 0.3) is 0 Å². The fourth-order valence-electron chi connectivity index (χ4n) is 1.68. The Hall–Kier alpha value is 0.0764. The van der Waals surface area contributed by atoms with E-state index in [1.807, 2.05) is 0 Å². The summed E-state index contributed by atoms with van der Waals surface area (Å²) in [6, 6.07) is 21.5. The average Bonchev–Trinajstić information content (AvgIpc) is 2.30. The van der Waals surface area contributed by atoms with Gasteiger partial charge in [0.1, 0.15) is 0 Å². The topological polar surface area (TPSA) is 0 Å². The Morgan fingerprint density at radius 3 is 1.36 bits per heavy atom. The van der Waals surface area contributed by atoms with E-state index in [-0.39, 0.29) is 0 Å². The summed E-state index contributed by atoms with van der Waals surface area (Å²) in [5.41, 5.74) is 2.91. The van der Waals surface area contributed by atoms with Crippen LogP contribution in [0, 0.1) is 0 Å². The molecule has 2 aromatic carbocycles. The summed E-state index contributed by atoms with van der Waals surface area (Å²) in [6.07, 6.45) is 0. The normalized spacial score (nSPS) is 10.5. The summed E-state index contributed by atoms with van der Waals surface area (Å²) in [4.78, 5) is 0. The van der Waals surface area contributed by atoms with Crippen LogP contribution in [-0.4, -0.2) is 49.0 Å². The predicted molar refractivity (Wildman–Crippen MR) is 60.5 cm³/mol. The van der Waals surface area contributed by atoms with Crippen LogP contribution in [-0.2, 0) is 0 Å². The molecule has 0 nitrogen and oxygen atoms in total. The quantitative estimate of drug-likeness (QED) is 0.663. The van der Waals surface area contributed by atoms with Gasteiger partial charge in [0.05, 0.1) is 0 Å². The van der Waals surface area contributed by atoms with E-state index in [4.69, 9.17) is 0 Å². The first kappa shape index (κ1) is 10.6. The van der Waals surface area contributed by atoms with Gasteiger partial charge in [-0.05, 0) is 0 Å². The first-order chi connectivity index (χ1) is 6.88. The van der Waals surface area contributed by atoms with Gasteiger partial charge in [-0.1, -0.05) is 0 Å². The molecule has 0 atom stereocenters. The molecule has 0 unspecified atom stereocenters. The van der Waals surface area contributed by atoms with E-state index in [0.29, 0.717) is 0.0125 Å². The molecule has 0 amide bonds. The molecule has 0 N–H and O–H groups in total. The number of hydrogen-bond donors (Lipinski definition) is 0. The van der Waals surface area contributed by atoms with Gasteiger partial charge >= 0.3 is 121 Å². The molecule has 0 aliphatic rings. The molecule has 0 heterocycles. The van der Waals surface area contributed by atoms with Gasteiger partial charge in [-0.15, -0.1) is 0 Å². The summed E-state index contributed by atoms with van der Waals surface area (Å²) in [5, 5.41) is 0. The van der Waals surface area contributed by atoms with Crippen molar-refractivity contribution < 1.29 is 0 Å². The molecule has 14 heavy (non-hydrogen) atoms. The molecular formula is C13H11K. The van der Waals surface area contributed by atoms with Crippen molar-refractivity contribution in [3.05, 3.63) is 71.8 Å². The second kappa shape index (κ2) is 5.24. The van der Waals surface area contributed by atoms with Crippen molar-refractivity contribution in [2.75, 3.05) is 0 Å². The van der Waals surface area contributed by atoms with Gasteiger partial charge in [-0.2, -0.15) is 0 Å². The van der Waals surface area contributed by atoms with Crippen LogP contribution in [0.2, 0.25) is 0 Å². The van der Waals surface area contributed by atoms with Gasteiger partial charge in [0.2, 0.25) is 0 Å². The van der Waals surface area contributed by atoms with Crippen LogP contribution in [0.1, 0.15) is 11.1 Å². The second-order valence-electron chi connectivity index (χ2n) is 3.54. The van der Waals surface area contributed by atoms with E-state index in [1.54, 1.807) is 0 Å². The number of benzene rings is 2. The third-order valence-corrected chi connectivity index (χ3v) is 4.68. The molecule has 0 saturated heterocycles. The van der Waals surface area contributed by atoms with Crippen molar-refractivity contribution in [2.45, 2.75) is 0.0125 Å². The van der Waals surface area contributed by atoms with Crippen molar-refractivity contribution in [3.63, 3.8) is 0 Å². The van der Waals surface area contributed by atoms with Crippen molar-refractivity contribution in [1.29, 1.82) is 0 Å². The maximum atomic E-state index is 2.23. The van der Waals surface area contributed by atoms with Gasteiger partial charge < -0.3 is 0 Å². The first-order valence-electron chi connectivity index (χ1n) is 4.98. The van der Waals surface area contributed by atoms with Gasteiger partial charge in [0, 0.05) is 0 Å². The van der Waals surface area contributed by atoms with E-state index in [0.717, 1.165) is 49.0 Å². The van der Waals surface area contributed by atoms with Gasteiger partial charge in [-0.3, -0.25) is 0 Å². The Morgan fingerprint density at radius 1 is 0.643 bits per heavy atom. The Kier molecular flexibility index (Phi) is 3.96. The fourth-order valence-corrected chi connectivity index (χ4v) is 2.88. The molecule has 2 rings (SSSR count). The zero-order chi connectivity index (χ0) is 9.80. The summed E-state index contributed by atoms with van der Waals surface area (Å²) in [7, 11) is 0. The van der Waals surface area contributed by atoms with E-state index in [1.165, 1.54) is 11.1 Å².